The predicted octanol–water partition coefficient (Wildman–Crippen LogP) is 2.65. The number of amides is 1. The van der Waals surface area contributed by atoms with Crippen LogP contribution in [0.1, 0.15) is 37.0 Å². The molecule has 0 aromatic heterocycles. The molecule has 1 heterocycles. The summed E-state index contributed by atoms with van der Waals surface area (Å²) in [6.07, 6.45) is 2.03. The van der Waals surface area contributed by atoms with Crippen LogP contribution in [0.5, 0.6) is 11.5 Å². The molecule has 0 radical (unpaired) electrons. The Hall–Kier alpha value is -1.50. The van der Waals surface area contributed by atoms with Crippen molar-refractivity contribution in [1.82, 2.24) is 10.6 Å². The van der Waals surface area contributed by atoms with Gasteiger partial charge in [0.15, 0.2) is 11.5 Å². The quantitative estimate of drug-likeness (QED) is 0.718. The highest BCUT2D eigenvalue weighted by molar-refractivity contribution is 5.94. The van der Waals surface area contributed by atoms with Crippen molar-refractivity contribution in [1.29, 1.82) is 0 Å². The zero-order valence-electron chi connectivity index (χ0n) is 16.1. The molecule has 2 N–H and O–H groups in total. The molecule has 0 atom stereocenters. The highest BCUT2D eigenvalue weighted by Gasteiger charge is 2.32. The smallest absolute Gasteiger partial charge is 0.251 e. The normalized spacial score (nSPS) is 15.9. The van der Waals surface area contributed by atoms with Gasteiger partial charge >= 0.3 is 0 Å². The van der Waals surface area contributed by atoms with Gasteiger partial charge in [0.05, 0.1) is 19.8 Å². The van der Waals surface area contributed by atoms with Gasteiger partial charge < -0.3 is 24.8 Å². The van der Waals surface area contributed by atoms with Crippen molar-refractivity contribution in [3.05, 3.63) is 23.8 Å². The average Bonchev–Trinajstić information content (AvgIpc) is 2.60. The SMILES string of the molecule is COCC1(CNC(=O)c2ccc(OC(C)C)c(OC)c2)CCNCC1.Cl. The molecule has 6 nitrogen and oxygen atoms in total. The number of ether oxygens (including phenoxy) is 3. The topological polar surface area (TPSA) is 68.8 Å². The van der Waals surface area contributed by atoms with Gasteiger partial charge in [-0.05, 0) is 58.0 Å². The van der Waals surface area contributed by atoms with Crippen molar-refractivity contribution >= 4 is 18.3 Å². The van der Waals surface area contributed by atoms with Crippen molar-refractivity contribution in [3.8, 4) is 11.5 Å². The molecule has 0 unspecified atom stereocenters. The van der Waals surface area contributed by atoms with Gasteiger partial charge in [0.1, 0.15) is 0 Å². The third-order valence-corrected chi connectivity index (χ3v) is 4.53. The summed E-state index contributed by atoms with van der Waals surface area (Å²) in [6, 6.07) is 5.27. The van der Waals surface area contributed by atoms with E-state index >= 15 is 0 Å². The van der Waals surface area contributed by atoms with E-state index in [-0.39, 0.29) is 29.8 Å². The molecular formula is C19H31ClN2O4. The molecule has 0 bridgehead atoms. The molecule has 1 amide bonds. The number of benzene rings is 1. The lowest BCUT2D eigenvalue weighted by Gasteiger charge is -2.37. The van der Waals surface area contributed by atoms with Gasteiger partial charge in [-0.15, -0.1) is 12.4 Å². The van der Waals surface area contributed by atoms with Crippen molar-refractivity contribution in [3.63, 3.8) is 0 Å². The first-order valence-corrected chi connectivity index (χ1v) is 8.82. The van der Waals surface area contributed by atoms with E-state index in [1.807, 2.05) is 13.8 Å². The van der Waals surface area contributed by atoms with Gasteiger partial charge in [-0.2, -0.15) is 0 Å². The van der Waals surface area contributed by atoms with E-state index in [1.54, 1.807) is 32.4 Å². The molecule has 1 saturated heterocycles. The van der Waals surface area contributed by atoms with E-state index in [1.165, 1.54) is 0 Å². The van der Waals surface area contributed by atoms with Crippen LogP contribution in [0.4, 0.5) is 0 Å². The first kappa shape index (κ1) is 22.5. The number of carbonyl (C=O) groups excluding carboxylic acids is 1. The minimum absolute atomic E-state index is 0. The highest BCUT2D eigenvalue weighted by Crippen LogP contribution is 2.30. The summed E-state index contributed by atoms with van der Waals surface area (Å²) in [5.41, 5.74) is 0.565. The van der Waals surface area contributed by atoms with E-state index in [0.29, 0.717) is 30.2 Å². The van der Waals surface area contributed by atoms with Crippen LogP contribution in [0, 0.1) is 5.41 Å². The molecule has 1 aromatic carbocycles. The molecule has 26 heavy (non-hydrogen) atoms. The van der Waals surface area contributed by atoms with Crippen LogP contribution in [0.3, 0.4) is 0 Å². The van der Waals surface area contributed by atoms with Crippen LogP contribution < -0.4 is 20.1 Å². The third-order valence-electron chi connectivity index (χ3n) is 4.53. The number of hydrogen-bond donors (Lipinski definition) is 2. The second-order valence-electron chi connectivity index (χ2n) is 6.90. The van der Waals surface area contributed by atoms with Gasteiger partial charge in [-0.1, -0.05) is 0 Å². The van der Waals surface area contributed by atoms with Crippen LogP contribution in [0.15, 0.2) is 18.2 Å². The van der Waals surface area contributed by atoms with E-state index in [9.17, 15) is 4.79 Å². The minimum atomic E-state index is -0.108. The van der Waals surface area contributed by atoms with Gasteiger partial charge in [-0.25, -0.2) is 0 Å². The Morgan fingerprint density at radius 2 is 1.92 bits per heavy atom. The standard InChI is InChI=1S/C19H30N2O4.ClH/c1-14(2)25-16-6-5-15(11-17(16)24-4)18(22)21-12-19(13-23-3)7-9-20-10-8-19;/h5-6,11,14,20H,7-10,12-13H2,1-4H3,(H,21,22);1H. The summed E-state index contributed by atoms with van der Waals surface area (Å²) in [7, 11) is 3.29. The van der Waals surface area contributed by atoms with Crippen molar-refractivity contribution in [2.24, 2.45) is 5.41 Å². The summed E-state index contributed by atoms with van der Waals surface area (Å²) in [4.78, 5) is 12.6. The second-order valence-corrected chi connectivity index (χ2v) is 6.90. The van der Waals surface area contributed by atoms with Gasteiger partial charge in [0, 0.05) is 24.6 Å². The summed E-state index contributed by atoms with van der Waals surface area (Å²) in [6.45, 7) is 7.07. The van der Waals surface area contributed by atoms with E-state index in [4.69, 9.17) is 14.2 Å². The summed E-state index contributed by atoms with van der Waals surface area (Å²) < 4.78 is 16.4. The highest BCUT2D eigenvalue weighted by atomic mass is 35.5. The zero-order chi connectivity index (χ0) is 18.3. The Bertz CT molecular complexity index is 569. The van der Waals surface area contributed by atoms with Gasteiger partial charge in [-0.3, -0.25) is 4.79 Å². The Labute approximate surface area is 162 Å². The maximum absolute atomic E-state index is 12.6. The minimum Gasteiger partial charge on any atom is -0.493 e. The number of piperidine rings is 1. The largest absolute Gasteiger partial charge is 0.493 e. The zero-order valence-corrected chi connectivity index (χ0v) is 16.9. The number of nitrogens with one attached hydrogen (secondary N) is 2. The van der Waals surface area contributed by atoms with Crippen LogP contribution >= 0.6 is 12.4 Å². The van der Waals surface area contributed by atoms with E-state index in [2.05, 4.69) is 10.6 Å². The number of hydrogen-bond acceptors (Lipinski definition) is 5. The van der Waals surface area contributed by atoms with Crippen LogP contribution in [-0.4, -0.2) is 52.5 Å². The average molecular weight is 387 g/mol. The van der Waals surface area contributed by atoms with Crippen LogP contribution in [0.25, 0.3) is 0 Å². The molecule has 1 aliphatic heterocycles. The molecule has 0 saturated carbocycles. The Balaban J connectivity index is 0.00000338. The lowest BCUT2D eigenvalue weighted by molar-refractivity contribution is 0.0511. The van der Waals surface area contributed by atoms with Gasteiger partial charge in [0.2, 0.25) is 0 Å². The fourth-order valence-electron chi connectivity index (χ4n) is 3.17. The molecule has 148 valence electrons. The molecule has 1 fully saturated rings. The molecule has 0 spiro atoms. The van der Waals surface area contributed by atoms with E-state index in [0.717, 1.165) is 25.9 Å². The predicted molar refractivity (Wildman–Crippen MR) is 105 cm³/mol. The third kappa shape index (κ3) is 6.04. The van der Waals surface area contributed by atoms with E-state index < -0.39 is 0 Å². The second kappa shape index (κ2) is 10.6. The van der Waals surface area contributed by atoms with Crippen molar-refractivity contribution in [2.75, 3.05) is 40.5 Å². The molecule has 7 heteroatoms. The van der Waals surface area contributed by atoms with Crippen LogP contribution in [0.2, 0.25) is 0 Å². The number of carbonyl (C=O) groups is 1. The molecule has 1 aliphatic rings. The van der Waals surface area contributed by atoms with Gasteiger partial charge in [0.25, 0.3) is 5.91 Å². The van der Waals surface area contributed by atoms with Crippen LogP contribution in [-0.2, 0) is 4.74 Å². The first-order chi connectivity index (χ1) is 12.0. The lowest BCUT2D eigenvalue weighted by Crippen LogP contribution is -2.47. The first-order valence-electron chi connectivity index (χ1n) is 8.82. The fourth-order valence-corrected chi connectivity index (χ4v) is 3.17. The monoisotopic (exact) mass is 386 g/mol. The van der Waals surface area contributed by atoms with Crippen molar-refractivity contribution < 1.29 is 19.0 Å². The lowest BCUT2D eigenvalue weighted by atomic mass is 9.79. The fraction of sp³-hybridized carbons (Fsp3) is 0.632. The maximum Gasteiger partial charge on any atom is 0.251 e. The Morgan fingerprint density at radius 3 is 2.50 bits per heavy atom. The number of rotatable bonds is 8. The Kier molecular flexibility index (Phi) is 9.19. The summed E-state index contributed by atoms with van der Waals surface area (Å²) in [5.74, 6) is 1.10. The molecule has 0 aliphatic carbocycles. The maximum atomic E-state index is 12.6. The molecule has 1 aromatic rings. The van der Waals surface area contributed by atoms with Crippen molar-refractivity contribution in [2.45, 2.75) is 32.8 Å². The Morgan fingerprint density at radius 1 is 1.23 bits per heavy atom. The number of methoxy groups -OCH3 is 2. The molecular weight excluding hydrogens is 356 g/mol. The number of halogens is 1. The molecule has 2 rings (SSSR count). The summed E-state index contributed by atoms with van der Waals surface area (Å²) >= 11 is 0. The summed E-state index contributed by atoms with van der Waals surface area (Å²) in [5, 5.41) is 6.42.